The van der Waals surface area contributed by atoms with E-state index in [1.165, 1.54) is 12.8 Å². The van der Waals surface area contributed by atoms with E-state index in [1.807, 2.05) is 43.3 Å². The van der Waals surface area contributed by atoms with Crippen LogP contribution in [0.5, 0.6) is 5.75 Å². The molecule has 2 N–H and O–H groups in total. The average molecular weight is 426 g/mol. The Bertz CT molecular complexity index is 1060. The zero-order chi connectivity index (χ0) is 20.9. The maximum Gasteiger partial charge on any atom is 0.253 e. The minimum absolute atomic E-state index is 0.0801. The van der Waals surface area contributed by atoms with E-state index < -0.39 is 0 Å². The molecule has 7 heteroatoms. The molecule has 1 saturated carbocycles. The summed E-state index contributed by atoms with van der Waals surface area (Å²) in [5.41, 5.74) is 1.42. The standard InChI is InChI=1S/C23H27N3O3S/c1-2-28-19-9-10-21-16(13-19)12-17(22(27)25-21)15-26(18-6-3-4-7-18)23(30)24-14-20-8-5-11-29-20/h5,8-13,18H,2-4,6-7,14-15H2,1H3,(H,24,30)(H,25,27). The lowest BCUT2D eigenvalue weighted by atomic mass is 10.1. The zero-order valence-corrected chi connectivity index (χ0v) is 18.0. The Morgan fingerprint density at radius 2 is 2.13 bits per heavy atom. The number of fused-ring (bicyclic) bond motifs is 1. The number of furan rings is 1. The van der Waals surface area contributed by atoms with E-state index in [9.17, 15) is 4.79 Å². The SMILES string of the molecule is CCOc1ccc2[nH]c(=O)c(CN(C(=S)NCc3ccco3)C3CCCC3)cc2c1. The Hall–Kier alpha value is -2.80. The van der Waals surface area contributed by atoms with Crippen LogP contribution in [0.1, 0.15) is 43.9 Å². The highest BCUT2D eigenvalue weighted by atomic mass is 32.1. The van der Waals surface area contributed by atoms with E-state index in [0.717, 1.165) is 35.3 Å². The monoisotopic (exact) mass is 425 g/mol. The quantitative estimate of drug-likeness (QED) is 0.549. The Morgan fingerprint density at radius 1 is 1.30 bits per heavy atom. The van der Waals surface area contributed by atoms with Gasteiger partial charge in [0.15, 0.2) is 5.11 Å². The number of aromatic nitrogens is 1. The van der Waals surface area contributed by atoms with Crippen molar-refractivity contribution in [1.29, 1.82) is 0 Å². The van der Waals surface area contributed by atoms with Crippen LogP contribution < -0.4 is 15.6 Å². The Balaban J connectivity index is 1.58. The molecule has 1 fully saturated rings. The van der Waals surface area contributed by atoms with Gasteiger partial charge < -0.3 is 24.4 Å². The van der Waals surface area contributed by atoms with Crippen molar-refractivity contribution in [3.63, 3.8) is 0 Å². The molecule has 158 valence electrons. The van der Waals surface area contributed by atoms with E-state index in [-0.39, 0.29) is 5.56 Å². The molecule has 3 aromatic rings. The molecule has 0 amide bonds. The van der Waals surface area contributed by atoms with Crippen molar-refractivity contribution in [2.45, 2.75) is 51.7 Å². The molecule has 0 unspecified atom stereocenters. The molecular formula is C23H27N3O3S. The van der Waals surface area contributed by atoms with Crippen LogP contribution in [0.25, 0.3) is 10.9 Å². The first-order valence-electron chi connectivity index (χ1n) is 10.5. The molecule has 1 aliphatic carbocycles. The predicted octanol–water partition coefficient (Wildman–Crippen LogP) is 4.34. The molecule has 4 rings (SSSR count). The number of ether oxygens (including phenoxy) is 1. The van der Waals surface area contributed by atoms with Gasteiger partial charge in [-0.15, -0.1) is 0 Å². The normalized spacial score (nSPS) is 14.2. The van der Waals surface area contributed by atoms with Gasteiger partial charge in [-0.05, 0) is 68.4 Å². The van der Waals surface area contributed by atoms with Gasteiger partial charge in [-0.1, -0.05) is 12.8 Å². The summed E-state index contributed by atoms with van der Waals surface area (Å²) >= 11 is 5.72. The number of pyridine rings is 1. The topological polar surface area (TPSA) is 70.5 Å². The van der Waals surface area contributed by atoms with Crippen molar-refractivity contribution < 1.29 is 9.15 Å². The summed E-state index contributed by atoms with van der Waals surface area (Å²) in [5, 5.41) is 4.90. The third kappa shape index (κ3) is 4.67. The summed E-state index contributed by atoms with van der Waals surface area (Å²) in [6, 6.07) is 11.8. The second-order valence-corrected chi connectivity index (χ2v) is 8.00. The van der Waals surface area contributed by atoms with Gasteiger partial charge in [0.2, 0.25) is 0 Å². The Kier molecular flexibility index (Phi) is 6.38. The lowest BCUT2D eigenvalue weighted by molar-refractivity contribution is 0.301. The highest BCUT2D eigenvalue weighted by molar-refractivity contribution is 7.80. The van der Waals surface area contributed by atoms with Gasteiger partial charge >= 0.3 is 0 Å². The number of H-pyrrole nitrogens is 1. The fourth-order valence-electron chi connectivity index (χ4n) is 4.05. The van der Waals surface area contributed by atoms with E-state index in [0.29, 0.717) is 36.4 Å². The third-order valence-corrected chi connectivity index (χ3v) is 5.94. The van der Waals surface area contributed by atoms with Crippen LogP contribution in [0.4, 0.5) is 0 Å². The maximum atomic E-state index is 12.8. The molecule has 0 atom stereocenters. The molecule has 30 heavy (non-hydrogen) atoms. The largest absolute Gasteiger partial charge is 0.494 e. The Labute approximate surface area is 181 Å². The number of rotatable bonds is 7. The number of aromatic amines is 1. The lowest BCUT2D eigenvalue weighted by Crippen LogP contribution is -2.45. The maximum absolute atomic E-state index is 12.8. The first-order valence-corrected chi connectivity index (χ1v) is 10.9. The summed E-state index contributed by atoms with van der Waals surface area (Å²) in [5.74, 6) is 1.63. The van der Waals surface area contributed by atoms with Gasteiger partial charge in [-0.25, -0.2) is 0 Å². The summed E-state index contributed by atoms with van der Waals surface area (Å²) in [7, 11) is 0. The minimum atomic E-state index is -0.0801. The van der Waals surface area contributed by atoms with Gasteiger partial charge in [0.05, 0.1) is 26.0 Å². The number of nitrogens with zero attached hydrogens (tertiary/aromatic N) is 1. The van der Waals surface area contributed by atoms with Crippen LogP contribution in [-0.4, -0.2) is 27.6 Å². The highest BCUT2D eigenvalue weighted by Gasteiger charge is 2.25. The average Bonchev–Trinajstić information content (AvgIpc) is 3.45. The molecule has 2 aromatic heterocycles. The summed E-state index contributed by atoms with van der Waals surface area (Å²) in [6.45, 7) is 3.56. The molecule has 0 saturated heterocycles. The van der Waals surface area contributed by atoms with Crippen LogP contribution >= 0.6 is 12.2 Å². The summed E-state index contributed by atoms with van der Waals surface area (Å²) < 4.78 is 11.0. The molecule has 1 aliphatic rings. The molecule has 0 spiro atoms. The van der Waals surface area contributed by atoms with Gasteiger partial charge in [-0.3, -0.25) is 4.79 Å². The van der Waals surface area contributed by atoms with Gasteiger partial charge in [-0.2, -0.15) is 0 Å². The predicted molar refractivity (Wildman–Crippen MR) is 122 cm³/mol. The Morgan fingerprint density at radius 3 is 2.87 bits per heavy atom. The number of nitrogens with one attached hydrogen (secondary N) is 2. The van der Waals surface area contributed by atoms with Crippen LogP contribution in [0, 0.1) is 0 Å². The van der Waals surface area contributed by atoms with Crippen LogP contribution in [0.2, 0.25) is 0 Å². The van der Waals surface area contributed by atoms with Crippen molar-refractivity contribution in [2.24, 2.45) is 0 Å². The lowest BCUT2D eigenvalue weighted by Gasteiger charge is -2.31. The van der Waals surface area contributed by atoms with E-state index >= 15 is 0 Å². The zero-order valence-electron chi connectivity index (χ0n) is 17.1. The first-order chi connectivity index (χ1) is 14.6. The molecule has 1 aromatic carbocycles. The van der Waals surface area contributed by atoms with Crippen LogP contribution in [-0.2, 0) is 13.1 Å². The summed E-state index contributed by atoms with van der Waals surface area (Å²) in [6.07, 6.45) is 6.20. The number of benzene rings is 1. The first kappa shape index (κ1) is 20.5. The molecular weight excluding hydrogens is 398 g/mol. The molecule has 2 heterocycles. The second-order valence-electron chi connectivity index (χ2n) is 7.61. The van der Waals surface area contributed by atoms with Crippen molar-refractivity contribution in [1.82, 2.24) is 15.2 Å². The van der Waals surface area contributed by atoms with Crippen molar-refractivity contribution in [3.8, 4) is 5.75 Å². The van der Waals surface area contributed by atoms with Gasteiger partial charge in [0.25, 0.3) is 5.56 Å². The van der Waals surface area contributed by atoms with E-state index in [1.54, 1.807) is 6.26 Å². The smallest absolute Gasteiger partial charge is 0.253 e. The van der Waals surface area contributed by atoms with Crippen LogP contribution in [0.3, 0.4) is 0 Å². The van der Waals surface area contributed by atoms with Crippen molar-refractivity contribution in [3.05, 3.63) is 64.3 Å². The van der Waals surface area contributed by atoms with Crippen molar-refractivity contribution in [2.75, 3.05) is 6.61 Å². The van der Waals surface area contributed by atoms with Crippen LogP contribution in [0.15, 0.2) is 51.9 Å². The number of thiocarbonyl (C=S) groups is 1. The molecule has 0 bridgehead atoms. The number of hydrogen-bond acceptors (Lipinski definition) is 4. The number of hydrogen-bond donors (Lipinski definition) is 2. The highest BCUT2D eigenvalue weighted by Crippen LogP contribution is 2.26. The van der Waals surface area contributed by atoms with E-state index in [4.69, 9.17) is 21.4 Å². The minimum Gasteiger partial charge on any atom is -0.494 e. The molecule has 0 aliphatic heterocycles. The van der Waals surface area contributed by atoms with E-state index in [2.05, 4.69) is 15.2 Å². The fourth-order valence-corrected chi connectivity index (χ4v) is 4.33. The molecule has 6 nitrogen and oxygen atoms in total. The van der Waals surface area contributed by atoms with Gasteiger partial charge in [0.1, 0.15) is 11.5 Å². The molecule has 0 radical (unpaired) electrons. The third-order valence-electron chi connectivity index (χ3n) is 5.56. The fraction of sp³-hybridized carbons (Fsp3) is 0.391. The van der Waals surface area contributed by atoms with Crippen molar-refractivity contribution >= 4 is 28.2 Å². The summed E-state index contributed by atoms with van der Waals surface area (Å²) in [4.78, 5) is 17.9. The van der Waals surface area contributed by atoms with Gasteiger partial charge in [0, 0.05) is 22.5 Å². The second kappa shape index (κ2) is 9.34.